The van der Waals surface area contributed by atoms with Crippen molar-refractivity contribution in [1.82, 2.24) is 4.90 Å². The van der Waals surface area contributed by atoms with E-state index in [0.717, 1.165) is 0 Å². The first-order valence-corrected chi connectivity index (χ1v) is 9.75. The third-order valence-electron chi connectivity index (χ3n) is 4.26. The number of nitrogens with zero attached hydrogens (tertiary/aromatic N) is 1. The van der Waals surface area contributed by atoms with Crippen molar-refractivity contribution >= 4 is 35.3 Å². The van der Waals surface area contributed by atoms with E-state index in [0.29, 0.717) is 42.4 Å². The van der Waals surface area contributed by atoms with E-state index in [1.807, 2.05) is 0 Å². The predicted octanol–water partition coefficient (Wildman–Crippen LogP) is 3.48. The van der Waals surface area contributed by atoms with Crippen molar-refractivity contribution in [3.05, 3.63) is 23.2 Å². The van der Waals surface area contributed by atoms with Gasteiger partial charge < -0.3 is 24.4 Å². The molecule has 1 saturated heterocycles. The molecule has 0 aliphatic carbocycles. The van der Waals surface area contributed by atoms with Crippen LogP contribution in [0.1, 0.15) is 33.6 Å². The number of esters is 1. The molecule has 1 aromatic carbocycles. The molecule has 0 radical (unpaired) electrons. The number of ether oxygens (including phenoxy) is 3. The van der Waals surface area contributed by atoms with Crippen molar-refractivity contribution in [3.63, 3.8) is 0 Å². The van der Waals surface area contributed by atoms with Crippen LogP contribution in [0.3, 0.4) is 0 Å². The topological polar surface area (TPSA) is 94.2 Å². The second-order valence-corrected chi connectivity index (χ2v) is 8.15. The van der Waals surface area contributed by atoms with Gasteiger partial charge in [0.2, 0.25) is 0 Å². The van der Waals surface area contributed by atoms with Gasteiger partial charge in [-0.05, 0) is 51.8 Å². The zero-order valence-electron chi connectivity index (χ0n) is 17.1. The first-order valence-electron chi connectivity index (χ1n) is 9.37. The van der Waals surface area contributed by atoms with E-state index in [1.54, 1.807) is 43.9 Å². The number of amides is 2. The number of halogens is 1. The zero-order valence-corrected chi connectivity index (χ0v) is 17.9. The summed E-state index contributed by atoms with van der Waals surface area (Å²) in [5.41, 5.74) is -0.0866. The Morgan fingerprint density at radius 3 is 2.41 bits per heavy atom. The van der Waals surface area contributed by atoms with Crippen LogP contribution in [0.5, 0.6) is 5.75 Å². The minimum absolute atomic E-state index is 0.350. The molecule has 0 atom stereocenters. The lowest BCUT2D eigenvalue weighted by atomic mass is 9.97. The first kappa shape index (κ1) is 22.8. The summed E-state index contributed by atoms with van der Waals surface area (Å²) in [6.07, 6.45) is 0.545. The molecule has 160 valence electrons. The van der Waals surface area contributed by atoms with Gasteiger partial charge in [-0.3, -0.25) is 9.59 Å². The lowest BCUT2D eigenvalue weighted by Gasteiger charge is -2.32. The summed E-state index contributed by atoms with van der Waals surface area (Å²) in [5.74, 6) is -0.770. The normalized spacial score (nSPS) is 14.9. The highest BCUT2D eigenvalue weighted by molar-refractivity contribution is 6.32. The third-order valence-corrected chi connectivity index (χ3v) is 4.56. The Morgan fingerprint density at radius 1 is 1.21 bits per heavy atom. The number of piperidine rings is 1. The van der Waals surface area contributed by atoms with E-state index in [4.69, 9.17) is 25.8 Å². The molecular formula is C20H27ClN2O6. The number of benzene rings is 1. The minimum Gasteiger partial charge on any atom is -0.495 e. The van der Waals surface area contributed by atoms with E-state index in [2.05, 4.69) is 5.32 Å². The highest BCUT2D eigenvalue weighted by Gasteiger charge is 2.30. The maximum atomic E-state index is 12.2. The summed E-state index contributed by atoms with van der Waals surface area (Å²) >= 11 is 6.01. The van der Waals surface area contributed by atoms with E-state index in [9.17, 15) is 14.4 Å². The van der Waals surface area contributed by atoms with E-state index in [1.165, 1.54) is 7.11 Å². The molecule has 1 heterocycles. The van der Waals surface area contributed by atoms with Gasteiger partial charge in [-0.2, -0.15) is 0 Å². The van der Waals surface area contributed by atoms with Gasteiger partial charge in [0, 0.05) is 18.8 Å². The maximum Gasteiger partial charge on any atom is 0.410 e. The van der Waals surface area contributed by atoms with Crippen molar-refractivity contribution in [3.8, 4) is 5.75 Å². The number of carbonyl (C=O) groups is 3. The highest BCUT2D eigenvalue weighted by atomic mass is 35.5. The van der Waals surface area contributed by atoms with Crippen LogP contribution in [0.4, 0.5) is 10.5 Å². The molecule has 0 bridgehead atoms. The Morgan fingerprint density at radius 2 is 1.86 bits per heavy atom. The molecule has 9 heteroatoms. The fourth-order valence-electron chi connectivity index (χ4n) is 2.82. The van der Waals surface area contributed by atoms with Gasteiger partial charge in [-0.1, -0.05) is 11.6 Å². The largest absolute Gasteiger partial charge is 0.495 e. The van der Waals surface area contributed by atoms with Gasteiger partial charge in [0.15, 0.2) is 6.61 Å². The van der Waals surface area contributed by atoms with Crippen LogP contribution in [0.25, 0.3) is 0 Å². The van der Waals surface area contributed by atoms with Crippen molar-refractivity contribution in [2.45, 2.75) is 39.2 Å². The van der Waals surface area contributed by atoms with Gasteiger partial charge in [0.25, 0.3) is 5.91 Å². The third kappa shape index (κ3) is 7.12. The van der Waals surface area contributed by atoms with Crippen LogP contribution in [-0.2, 0) is 19.1 Å². The van der Waals surface area contributed by atoms with Gasteiger partial charge in [-0.15, -0.1) is 0 Å². The van der Waals surface area contributed by atoms with Crippen molar-refractivity contribution in [2.24, 2.45) is 5.92 Å². The van der Waals surface area contributed by atoms with E-state index < -0.39 is 24.1 Å². The zero-order chi connectivity index (χ0) is 21.6. The Labute approximate surface area is 175 Å². The lowest BCUT2D eigenvalue weighted by molar-refractivity contribution is -0.153. The van der Waals surface area contributed by atoms with Crippen LogP contribution in [0, 0.1) is 5.92 Å². The molecule has 1 aliphatic heterocycles. The number of nitrogens with one attached hydrogen (secondary N) is 1. The molecule has 1 aliphatic rings. The number of methoxy groups -OCH3 is 1. The summed E-state index contributed by atoms with van der Waals surface area (Å²) in [4.78, 5) is 37.9. The number of hydrogen-bond acceptors (Lipinski definition) is 6. The average Bonchev–Trinajstić information content (AvgIpc) is 2.65. The Bertz CT molecular complexity index is 754. The molecule has 2 amide bonds. The number of carbonyl (C=O) groups excluding carboxylic acids is 3. The lowest BCUT2D eigenvalue weighted by Crippen LogP contribution is -2.43. The van der Waals surface area contributed by atoms with Crippen LogP contribution >= 0.6 is 11.6 Å². The molecule has 0 saturated carbocycles. The van der Waals surface area contributed by atoms with Gasteiger partial charge in [0.05, 0.1) is 18.1 Å². The summed E-state index contributed by atoms with van der Waals surface area (Å²) < 4.78 is 15.5. The molecular weight excluding hydrogens is 400 g/mol. The number of anilines is 1. The number of likely N-dealkylation sites (tertiary alicyclic amines) is 1. The fourth-order valence-corrected chi connectivity index (χ4v) is 3.08. The molecule has 29 heavy (non-hydrogen) atoms. The van der Waals surface area contributed by atoms with Crippen LogP contribution < -0.4 is 10.1 Å². The van der Waals surface area contributed by atoms with Crippen LogP contribution in [0.15, 0.2) is 18.2 Å². The molecule has 1 aromatic rings. The quantitative estimate of drug-likeness (QED) is 0.724. The summed E-state index contributed by atoms with van der Waals surface area (Å²) in [6.45, 7) is 5.84. The Balaban J connectivity index is 1.75. The Hall–Kier alpha value is -2.48. The maximum absolute atomic E-state index is 12.2. The number of hydrogen-bond donors (Lipinski definition) is 1. The van der Waals surface area contributed by atoms with Crippen LogP contribution in [-0.4, -0.2) is 55.3 Å². The summed E-state index contributed by atoms with van der Waals surface area (Å²) in [6, 6.07) is 4.81. The van der Waals surface area contributed by atoms with Gasteiger partial charge in [0.1, 0.15) is 11.4 Å². The molecule has 0 spiro atoms. The SMILES string of the molecule is COc1ccc(NC(=O)COC(=O)C2CCN(C(=O)OC(C)(C)C)CC2)cc1Cl. The minimum atomic E-state index is -0.561. The molecule has 2 rings (SSSR count). The molecule has 0 aromatic heterocycles. The molecule has 1 fully saturated rings. The second-order valence-electron chi connectivity index (χ2n) is 7.75. The van der Waals surface area contributed by atoms with E-state index in [-0.39, 0.29) is 12.0 Å². The van der Waals surface area contributed by atoms with Crippen molar-refractivity contribution < 1.29 is 28.6 Å². The average molecular weight is 427 g/mol. The van der Waals surface area contributed by atoms with Crippen molar-refractivity contribution in [1.29, 1.82) is 0 Å². The first-order chi connectivity index (χ1) is 13.6. The summed E-state index contributed by atoms with van der Waals surface area (Å²) in [5, 5.41) is 2.97. The van der Waals surface area contributed by atoms with Crippen molar-refractivity contribution in [2.75, 3.05) is 32.1 Å². The van der Waals surface area contributed by atoms with Gasteiger partial charge in [-0.25, -0.2) is 4.79 Å². The highest BCUT2D eigenvalue weighted by Crippen LogP contribution is 2.27. The molecule has 0 unspecified atom stereocenters. The Kier molecular flexibility index (Phi) is 7.73. The standard InChI is InChI=1S/C20H27ClN2O6/c1-20(2,3)29-19(26)23-9-7-13(8-10-23)18(25)28-12-17(24)22-14-5-6-16(27-4)15(21)11-14/h5-6,11,13H,7-10,12H2,1-4H3,(H,22,24). The monoisotopic (exact) mass is 426 g/mol. The van der Waals surface area contributed by atoms with Gasteiger partial charge >= 0.3 is 12.1 Å². The smallest absolute Gasteiger partial charge is 0.410 e. The predicted molar refractivity (Wildman–Crippen MR) is 108 cm³/mol. The van der Waals surface area contributed by atoms with E-state index >= 15 is 0 Å². The molecule has 8 nitrogen and oxygen atoms in total. The fraction of sp³-hybridized carbons (Fsp3) is 0.550. The molecule has 1 N–H and O–H groups in total. The van der Waals surface area contributed by atoms with Crippen LogP contribution in [0.2, 0.25) is 5.02 Å². The second kappa shape index (κ2) is 9.82. The number of rotatable bonds is 5. The summed E-state index contributed by atoms with van der Waals surface area (Å²) in [7, 11) is 1.50.